The maximum atomic E-state index is 13.3. The van der Waals surface area contributed by atoms with E-state index in [9.17, 15) is 18.0 Å². The van der Waals surface area contributed by atoms with E-state index < -0.39 is 16.1 Å². The van der Waals surface area contributed by atoms with Crippen molar-refractivity contribution in [2.45, 2.75) is 52.6 Å². The number of hydrogen-bond donors (Lipinski definition) is 1. The van der Waals surface area contributed by atoms with Crippen LogP contribution in [0.4, 0.5) is 5.69 Å². The molecule has 8 nitrogen and oxygen atoms in total. The van der Waals surface area contributed by atoms with Gasteiger partial charge in [-0.05, 0) is 49.9 Å². The third-order valence-corrected chi connectivity index (χ3v) is 7.01. The molecule has 0 saturated carbocycles. The number of methoxy groups -OCH3 is 1. The average Bonchev–Trinajstić information content (AvgIpc) is 2.83. The molecule has 192 valence electrons. The predicted molar refractivity (Wildman–Crippen MR) is 139 cm³/mol. The van der Waals surface area contributed by atoms with Crippen LogP contribution < -0.4 is 14.4 Å². The third kappa shape index (κ3) is 8.28. The molecule has 1 N–H and O–H groups in total. The summed E-state index contributed by atoms with van der Waals surface area (Å²) in [6.45, 7) is 6.64. The van der Waals surface area contributed by atoms with Crippen LogP contribution in [0.15, 0.2) is 48.5 Å². The van der Waals surface area contributed by atoms with Crippen molar-refractivity contribution in [3.05, 3.63) is 59.7 Å². The average molecular weight is 504 g/mol. The second-order valence-electron chi connectivity index (χ2n) is 8.56. The molecule has 2 amide bonds. The zero-order valence-corrected chi connectivity index (χ0v) is 22.1. The van der Waals surface area contributed by atoms with Gasteiger partial charge in [-0.3, -0.25) is 13.9 Å². The summed E-state index contributed by atoms with van der Waals surface area (Å²) < 4.78 is 31.4. The fourth-order valence-corrected chi connectivity index (χ4v) is 4.68. The summed E-state index contributed by atoms with van der Waals surface area (Å²) in [4.78, 5) is 27.6. The van der Waals surface area contributed by atoms with E-state index in [1.165, 1.54) is 11.4 Å². The van der Waals surface area contributed by atoms with Crippen LogP contribution in [0.3, 0.4) is 0 Å². The first-order chi connectivity index (χ1) is 16.6. The van der Waals surface area contributed by atoms with Crippen LogP contribution >= 0.6 is 0 Å². The molecular weight excluding hydrogens is 466 g/mol. The third-order valence-electron chi connectivity index (χ3n) is 5.81. The molecule has 0 bridgehead atoms. The molecule has 2 aromatic carbocycles. The van der Waals surface area contributed by atoms with Crippen LogP contribution in [0.1, 0.15) is 44.2 Å². The van der Waals surface area contributed by atoms with Gasteiger partial charge in [-0.25, -0.2) is 8.42 Å². The molecule has 0 heterocycles. The van der Waals surface area contributed by atoms with Crippen molar-refractivity contribution in [2.24, 2.45) is 0 Å². The molecule has 0 fully saturated rings. The Bertz CT molecular complexity index is 1100. The number of nitrogens with one attached hydrogen (secondary N) is 1. The van der Waals surface area contributed by atoms with E-state index in [0.717, 1.165) is 23.8 Å². The molecule has 0 aromatic heterocycles. The largest absolute Gasteiger partial charge is 0.497 e. The molecule has 0 spiro atoms. The summed E-state index contributed by atoms with van der Waals surface area (Å²) in [5.41, 5.74) is 2.47. The minimum absolute atomic E-state index is 0.104. The molecule has 2 aromatic rings. The first-order valence-electron chi connectivity index (χ1n) is 11.8. The summed E-state index contributed by atoms with van der Waals surface area (Å²) in [6.07, 6.45) is 2.35. The highest BCUT2D eigenvalue weighted by Crippen LogP contribution is 2.24. The standard InChI is InChI=1S/C26H37N3O5S/c1-6-16-27-26(31)21(3)28(19-22-12-8-7-11-20(22)2)25(30)15-10-17-29(35(5,32)33)23-13-9-14-24(18-23)34-4/h7-9,11-14,18,21H,6,10,15-17,19H2,1-5H3,(H,27,31). The Labute approximate surface area is 209 Å². The molecule has 2 rings (SSSR count). The second-order valence-corrected chi connectivity index (χ2v) is 10.5. The highest BCUT2D eigenvalue weighted by atomic mass is 32.2. The minimum atomic E-state index is -3.57. The van der Waals surface area contributed by atoms with Crippen LogP contribution in [0.5, 0.6) is 5.75 Å². The summed E-state index contributed by atoms with van der Waals surface area (Å²) >= 11 is 0. The Morgan fingerprint density at radius 1 is 1.11 bits per heavy atom. The smallest absolute Gasteiger partial charge is 0.242 e. The molecule has 9 heteroatoms. The number of amides is 2. The highest BCUT2D eigenvalue weighted by Gasteiger charge is 2.27. The zero-order valence-electron chi connectivity index (χ0n) is 21.3. The van der Waals surface area contributed by atoms with E-state index in [4.69, 9.17) is 4.74 Å². The van der Waals surface area contributed by atoms with Gasteiger partial charge in [-0.2, -0.15) is 0 Å². The Kier molecular flexibility index (Phi) is 10.6. The van der Waals surface area contributed by atoms with Gasteiger partial charge in [0.15, 0.2) is 0 Å². The predicted octanol–water partition coefficient (Wildman–Crippen LogP) is 3.49. The van der Waals surface area contributed by atoms with Gasteiger partial charge in [-0.1, -0.05) is 37.3 Å². The van der Waals surface area contributed by atoms with Gasteiger partial charge in [-0.15, -0.1) is 0 Å². The quantitative estimate of drug-likeness (QED) is 0.451. The van der Waals surface area contributed by atoms with E-state index in [2.05, 4.69) is 5.32 Å². The topological polar surface area (TPSA) is 96.0 Å². The van der Waals surface area contributed by atoms with Crippen LogP contribution in [0, 0.1) is 6.92 Å². The van der Waals surface area contributed by atoms with Crippen molar-refractivity contribution in [3.63, 3.8) is 0 Å². The fourth-order valence-electron chi connectivity index (χ4n) is 3.72. The lowest BCUT2D eigenvalue weighted by Gasteiger charge is -2.30. The Morgan fingerprint density at radius 3 is 2.46 bits per heavy atom. The van der Waals surface area contributed by atoms with Crippen molar-refractivity contribution in [2.75, 3.05) is 30.8 Å². The molecule has 0 aliphatic carbocycles. The first kappa shape index (κ1) is 28.2. The summed E-state index contributed by atoms with van der Waals surface area (Å²) in [5, 5.41) is 2.86. The van der Waals surface area contributed by atoms with Crippen molar-refractivity contribution in [1.29, 1.82) is 0 Å². The van der Waals surface area contributed by atoms with Gasteiger partial charge < -0.3 is 15.0 Å². The summed E-state index contributed by atoms with van der Waals surface area (Å²) in [5.74, 6) is 0.137. The van der Waals surface area contributed by atoms with Crippen LogP contribution in [-0.4, -0.2) is 57.6 Å². The summed E-state index contributed by atoms with van der Waals surface area (Å²) in [6, 6.07) is 13.9. The number of carbonyl (C=O) groups excluding carboxylic acids is 2. The van der Waals surface area contributed by atoms with E-state index in [1.807, 2.05) is 38.1 Å². The van der Waals surface area contributed by atoms with Crippen LogP contribution in [0.25, 0.3) is 0 Å². The normalized spacial score (nSPS) is 12.0. The van der Waals surface area contributed by atoms with Crippen LogP contribution in [-0.2, 0) is 26.2 Å². The molecule has 1 unspecified atom stereocenters. The van der Waals surface area contributed by atoms with Gasteiger partial charge in [0.05, 0.1) is 19.1 Å². The van der Waals surface area contributed by atoms with Gasteiger partial charge in [0.1, 0.15) is 11.8 Å². The van der Waals surface area contributed by atoms with E-state index in [-0.39, 0.29) is 24.8 Å². The van der Waals surface area contributed by atoms with Gasteiger partial charge in [0, 0.05) is 32.1 Å². The lowest BCUT2D eigenvalue weighted by molar-refractivity contribution is -0.140. The highest BCUT2D eigenvalue weighted by molar-refractivity contribution is 7.92. The molecule has 1 atom stereocenters. The molecule has 0 aliphatic heterocycles. The lowest BCUT2D eigenvalue weighted by Crippen LogP contribution is -2.48. The number of carbonyl (C=O) groups is 2. The SMILES string of the molecule is CCCNC(=O)C(C)N(Cc1ccccc1C)C(=O)CCCN(c1cccc(OC)c1)S(C)(=O)=O. The monoisotopic (exact) mass is 503 g/mol. The van der Waals surface area contributed by atoms with E-state index in [0.29, 0.717) is 30.9 Å². The number of hydrogen-bond acceptors (Lipinski definition) is 5. The minimum Gasteiger partial charge on any atom is -0.497 e. The molecule has 0 radical (unpaired) electrons. The summed E-state index contributed by atoms with van der Waals surface area (Å²) in [7, 11) is -2.05. The van der Waals surface area contributed by atoms with Crippen molar-refractivity contribution >= 4 is 27.5 Å². The van der Waals surface area contributed by atoms with Crippen LogP contribution in [0.2, 0.25) is 0 Å². The number of benzene rings is 2. The fraction of sp³-hybridized carbons (Fsp3) is 0.462. The van der Waals surface area contributed by atoms with E-state index in [1.54, 1.807) is 36.1 Å². The number of aryl methyl sites for hydroxylation is 1. The lowest BCUT2D eigenvalue weighted by atomic mass is 10.1. The maximum absolute atomic E-state index is 13.3. The first-order valence-corrected chi connectivity index (χ1v) is 13.7. The number of anilines is 1. The Morgan fingerprint density at radius 2 is 1.83 bits per heavy atom. The van der Waals surface area contributed by atoms with Gasteiger partial charge >= 0.3 is 0 Å². The molecule has 0 aliphatic rings. The van der Waals surface area contributed by atoms with Gasteiger partial charge in [0.2, 0.25) is 21.8 Å². The molecular formula is C26H37N3O5S. The number of nitrogens with zero attached hydrogens (tertiary/aromatic N) is 2. The zero-order chi connectivity index (χ0) is 26.0. The molecule has 35 heavy (non-hydrogen) atoms. The Hall–Kier alpha value is -3.07. The van der Waals surface area contributed by atoms with Crippen molar-refractivity contribution in [3.8, 4) is 5.75 Å². The maximum Gasteiger partial charge on any atom is 0.242 e. The molecule has 0 saturated heterocycles. The van der Waals surface area contributed by atoms with Crippen molar-refractivity contribution < 1.29 is 22.7 Å². The number of rotatable bonds is 13. The van der Waals surface area contributed by atoms with Crippen molar-refractivity contribution in [1.82, 2.24) is 10.2 Å². The van der Waals surface area contributed by atoms with Gasteiger partial charge in [0.25, 0.3) is 0 Å². The number of ether oxygens (including phenoxy) is 1. The number of sulfonamides is 1. The second kappa shape index (κ2) is 13.1. The Balaban J connectivity index is 2.17. The van der Waals surface area contributed by atoms with E-state index >= 15 is 0 Å².